The van der Waals surface area contributed by atoms with E-state index in [1.165, 1.54) is 10.7 Å². The predicted molar refractivity (Wildman–Crippen MR) is 121 cm³/mol. The highest BCUT2D eigenvalue weighted by atomic mass is 32.2. The van der Waals surface area contributed by atoms with E-state index >= 15 is 0 Å². The zero-order valence-electron chi connectivity index (χ0n) is 17.2. The van der Waals surface area contributed by atoms with Crippen molar-refractivity contribution in [1.29, 1.82) is 0 Å². The van der Waals surface area contributed by atoms with Gasteiger partial charge in [-0.2, -0.15) is 5.10 Å². The van der Waals surface area contributed by atoms with Crippen LogP contribution in [0, 0.1) is 6.92 Å². The molecule has 0 saturated heterocycles. The standard InChI is InChI=1S/C24H21N3O3S/c1-17-11-12-20(14-25-17)23-22(19-9-6-10-21(13-19)31(2,29)30)15-26-27(24(23)28)16-18-7-4-3-5-8-18/h3-15H,16H2,1-2H3. The van der Waals surface area contributed by atoms with Gasteiger partial charge in [0.05, 0.1) is 23.2 Å². The normalized spacial score (nSPS) is 11.4. The molecule has 2 heterocycles. The molecule has 0 saturated carbocycles. The molecule has 0 spiro atoms. The molecule has 0 aliphatic rings. The summed E-state index contributed by atoms with van der Waals surface area (Å²) in [4.78, 5) is 18.0. The van der Waals surface area contributed by atoms with Crippen LogP contribution in [-0.2, 0) is 16.4 Å². The van der Waals surface area contributed by atoms with Crippen LogP contribution in [0.2, 0.25) is 0 Å². The number of hydrogen-bond donors (Lipinski definition) is 0. The maximum absolute atomic E-state index is 13.5. The fourth-order valence-electron chi connectivity index (χ4n) is 3.37. The second-order valence-corrected chi connectivity index (χ2v) is 9.39. The van der Waals surface area contributed by atoms with Crippen LogP contribution in [-0.4, -0.2) is 29.4 Å². The third kappa shape index (κ3) is 4.46. The second-order valence-electron chi connectivity index (χ2n) is 7.37. The van der Waals surface area contributed by atoms with Gasteiger partial charge in [0.15, 0.2) is 9.84 Å². The summed E-state index contributed by atoms with van der Waals surface area (Å²) in [5.74, 6) is 0. The molecule has 31 heavy (non-hydrogen) atoms. The van der Waals surface area contributed by atoms with Crippen molar-refractivity contribution >= 4 is 9.84 Å². The Morgan fingerprint density at radius 3 is 2.35 bits per heavy atom. The van der Waals surface area contributed by atoms with Crippen molar-refractivity contribution in [3.8, 4) is 22.3 Å². The fraction of sp³-hybridized carbons (Fsp3) is 0.125. The zero-order valence-corrected chi connectivity index (χ0v) is 18.0. The van der Waals surface area contributed by atoms with Crippen LogP contribution in [0.5, 0.6) is 0 Å². The Labute approximate surface area is 180 Å². The van der Waals surface area contributed by atoms with E-state index in [4.69, 9.17) is 0 Å². The number of rotatable bonds is 5. The molecule has 7 heteroatoms. The van der Waals surface area contributed by atoms with Gasteiger partial charge in [0.1, 0.15) is 0 Å². The molecule has 156 valence electrons. The molecule has 6 nitrogen and oxygen atoms in total. The van der Waals surface area contributed by atoms with Gasteiger partial charge in [-0.25, -0.2) is 13.1 Å². The zero-order chi connectivity index (χ0) is 22.0. The molecule has 2 aromatic heterocycles. The van der Waals surface area contributed by atoms with Crippen LogP contribution in [0.25, 0.3) is 22.3 Å². The average molecular weight is 432 g/mol. The molecule has 4 rings (SSSR count). The molecule has 0 radical (unpaired) electrons. The van der Waals surface area contributed by atoms with E-state index in [0.717, 1.165) is 17.5 Å². The lowest BCUT2D eigenvalue weighted by Gasteiger charge is -2.13. The molecule has 2 aromatic carbocycles. The Morgan fingerprint density at radius 1 is 0.903 bits per heavy atom. The van der Waals surface area contributed by atoms with E-state index in [1.807, 2.05) is 49.4 Å². The molecule has 0 aliphatic carbocycles. The summed E-state index contributed by atoms with van der Waals surface area (Å²) >= 11 is 0. The van der Waals surface area contributed by atoms with Crippen molar-refractivity contribution in [3.05, 3.63) is 101 Å². The molecule has 0 atom stereocenters. The SMILES string of the molecule is Cc1ccc(-c2c(-c3cccc(S(C)(=O)=O)c3)cnn(Cc3ccccc3)c2=O)cn1. The smallest absolute Gasteiger partial charge is 0.267 e. The molecular weight excluding hydrogens is 410 g/mol. The minimum atomic E-state index is -3.39. The first-order chi connectivity index (χ1) is 14.8. The van der Waals surface area contributed by atoms with Crippen molar-refractivity contribution in [1.82, 2.24) is 14.8 Å². The number of nitrogens with zero attached hydrogens (tertiary/aromatic N) is 3. The van der Waals surface area contributed by atoms with Gasteiger partial charge in [0.25, 0.3) is 5.56 Å². The third-order valence-corrected chi connectivity index (χ3v) is 6.10. The fourth-order valence-corrected chi connectivity index (χ4v) is 4.03. The van der Waals surface area contributed by atoms with Gasteiger partial charge in [0.2, 0.25) is 0 Å². The summed E-state index contributed by atoms with van der Waals surface area (Å²) in [5.41, 5.74) is 3.78. The summed E-state index contributed by atoms with van der Waals surface area (Å²) in [6, 6.07) is 19.8. The summed E-state index contributed by atoms with van der Waals surface area (Å²) in [6.45, 7) is 2.20. The first-order valence-corrected chi connectivity index (χ1v) is 11.6. The van der Waals surface area contributed by atoms with E-state index < -0.39 is 9.84 Å². The van der Waals surface area contributed by atoms with Gasteiger partial charge in [0, 0.05) is 29.3 Å². The summed E-state index contributed by atoms with van der Waals surface area (Å²) in [5, 5.41) is 4.38. The Morgan fingerprint density at radius 2 is 1.68 bits per heavy atom. The summed E-state index contributed by atoms with van der Waals surface area (Å²) in [7, 11) is -3.39. The van der Waals surface area contributed by atoms with Crippen LogP contribution in [0.15, 0.2) is 88.8 Å². The Balaban J connectivity index is 1.92. The molecule has 0 fully saturated rings. The third-order valence-electron chi connectivity index (χ3n) is 4.99. The summed E-state index contributed by atoms with van der Waals surface area (Å²) in [6.07, 6.45) is 4.43. The monoisotopic (exact) mass is 431 g/mol. The minimum Gasteiger partial charge on any atom is -0.267 e. The molecule has 0 unspecified atom stereocenters. The number of aryl methyl sites for hydroxylation is 1. The van der Waals surface area contributed by atoms with Crippen LogP contribution < -0.4 is 5.56 Å². The number of hydrogen-bond acceptors (Lipinski definition) is 5. The van der Waals surface area contributed by atoms with Crippen LogP contribution >= 0.6 is 0 Å². The quantitative estimate of drug-likeness (QED) is 0.481. The van der Waals surface area contributed by atoms with E-state index in [9.17, 15) is 13.2 Å². The average Bonchev–Trinajstić information content (AvgIpc) is 2.76. The maximum atomic E-state index is 13.5. The van der Waals surface area contributed by atoms with Crippen LogP contribution in [0.1, 0.15) is 11.3 Å². The number of pyridine rings is 1. The van der Waals surface area contributed by atoms with Crippen molar-refractivity contribution in [2.75, 3.05) is 6.26 Å². The molecule has 0 N–H and O–H groups in total. The maximum Gasteiger partial charge on any atom is 0.275 e. The minimum absolute atomic E-state index is 0.187. The van der Waals surface area contributed by atoms with E-state index in [-0.39, 0.29) is 10.5 Å². The number of sulfone groups is 1. The molecule has 4 aromatic rings. The number of aromatic nitrogens is 3. The lowest BCUT2D eigenvalue weighted by molar-refractivity contribution is 0.602. The van der Waals surface area contributed by atoms with Crippen LogP contribution in [0.3, 0.4) is 0 Å². The van der Waals surface area contributed by atoms with Gasteiger partial charge in [-0.05, 0) is 36.2 Å². The highest BCUT2D eigenvalue weighted by Gasteiger charge is 2.17. The van der Waals surface area contributed by atoms with Crippen molar-refractivity contribution in [2.45, 2.75) is 18.4 Å². The lowest BCUT2D eigenvalue weighted by Crippen LogP contribution is -2.25. The molecule has 0 aliphatic heterocycles. The van der Waals surface area contributed by atoms with Gasteiger partial charge < -0.3 is 0 Å². The highest BCUT2D eigenvalue weighted by molar-refractivity contribution is 7.90. The highest BCUT2D eigenvalue weighted by Crippen LogP contribution is 2.30. The van der Waals surface area contributed by atoms with E-state index in [1.54, 1.807) is 30.6 Å². The topological polar surface area (TPSA) is 81.9 Å². The Bertz CT molecular complexity index is 1390. The second kappa shape index (κ2) is 8.28. The van der Waals surface area contributed by atoms with E-state index in [0.29, 0.717) is 28.8 Å². The van der Waals surface area contributed by atoms with Gasteiger partial charge in [-0.3, -0.25) is 9.78 Å². The van der Waals surface area contributed by atoms with Crippen molar-refractivity contribution in [2.24, 2.45) is 0 Å². The van der Waals surface area contributed by atoms with Crippen molar-refractivity contribution in [3.63, 3.8) is 0 Å². The first-order valence-electron chi connectivity index (χ1n) is 9.70. The van der Waals surface area contributed by atoms with Crippen LogP contribution in [0.4, 0.5) is 0 Å². The molecular formula is C24H21N3O3S. The number of benzene rings is 2. The molecule has 0 bridgehead atoms. The Hall–Kier alpha value is -3.58. The largest absolute Gasteiger partial charge is 0.275 e. The predicted octanol–water partition coefficient (Wildman–Crippen LogP) is 3.73. The lowest BCUT2D eigenvalue weighted by atomic mass is 9.98. The summed E-state index contributed by atoms with van der Waals surface area (Å²) < 4.78 is 25.5. The first kappa shape index (κ1) is 20.7. The van der Waals surface area contributed by atoms with Gasteiger partial charge in [-0.15, -0.1) is 0 Å². The van der Waals surface area contributed by atoms with Crippen molar-refractivity contribution < 1.29 is 8.42 Å². The van der Waals surface area contributed by atoms with Gasteiger partial charge >= 0.3 is 0 Å². The Kier molecular flexibility index (Phi) is 5.52. The molecule has 0 amide bonds. The van der Waals surface area contributed by atoms with Gasteiger partial charge in [-0.1, -0.05) is 48.5 Å². The van der Waals surface area contributed by atoms with E-state index in [2.05, 4.69) is 10.1 Å².